The molecule has 30 heavy (non-hydrogen) atoms. The van der Waals surface area contributed by atoms with Gasteiger partial charge in [0.05, 0.1) is 11.7 Å². The highest BCUT2D eigenvalue weighted by Gasteiger charge is 2.33. The molecule has 8 nitrogen and oxygen atoms in total. The van der Waals surface area contributed by atoms with Gasteiger partial charge in [-0.3, -0.25) is 14.2 Å². The van der Waals surface area contributed by atoms with Gasteiger partial charge in [0.25, 0.3) is 5.56 Å². The Morgan fingerprint density at radius 1 is 1.23 bits per heavy atom. The quantitative estimate of drug-likeness (QED) is 0.690. The average molecular weight is 430 g/mol. The van der Waals surface area contributed by atoms with Crippen LogP contribution in [0.5, 0.6) is 0 Å². The van der Waals surface area contributed by atoms with Crippen LogP contribution in [0.15, 0.2) is 14.4 Å². The van der Waals surface area contributed by atoms with E-state index in [-0.39, 0.29) is 29.3 Å². The maximum absolute atomic E-state index is 13.0. The first kappa shape index (κ1) is 19.8. The molecule has 0 N–H and O–H groups in total. The van der Waals surface area contributed by atoms with E-state index >= 15 is 0 Å². The van der Waals surface area contributed by atoms with E-state index in [0.717, 1.165) is 54.3 Å². The van der Waals surface area contributed by atoms with Gasteiger partial charge in [-0.25, -0.2) is 4.98 Å². The highest BCUT2D eigenvalue weighted by atomic mass is 32.2. The molecular formula is C21H27N5O3S. The number of aromatic nitrogens is 4. The first-order chi connectivity index (χ1) is 14.5. The maximum Gasteiger partial charge on any atom is 0.257 e. The molecule has 0 bridgehead atoms. The van der Waals surface area contributed by atoms with E-state index in [9.17, 15) is 9.59 Å². The number of carbonyl (C=O) groups excluding carboxylic acids is 1. The lowest BCUT2D eigenvalue weighted by molar-refractivity contribution is -0.133. The second-order valence-corrected chi connectivity index (χ2v) is 9.79. The molecule has 1 saturated heterocycles. The van der Waals surface area contributed by atoms with Crippen LogP contribution in [0.3, 0.4) is 0 Å². The van der Waals surface area contributed by atoms with Gasteiger partial charge < -0.3 is 9.32 Å². The zero-order valence-electron chi connectivity index (χ0n) is 17.5. The summed E-state index contributed by atoms with van der Waals surface area (Å²) < 4.78 is 7.59. The number of nitrogens with zero attached hydrogens (tertiary/aromatic N) is 5. The molecule has 1 fully saturated rings. The van der Waals surface area contributed by atoms with Gasteiger partial charge in [0.2, 0.25) is 17.7 Å². The molecule has 2 aliphatic heterocycles. The van der Waals surface area contributed by atoms with E-state index in [2.05, 4.69) is 10.2 Å². The van der Waals surface area contributed by atoms with Gasteiger partial charge in [0.15, 0.2) is 5.16 Å². The minimum atomic E-state index is -0.0920. The number of hydrogen-bond acceptors (Lipinski definition) is 7. The molecule has 160 valence electrons. The van der Waals surface area contributed by atoms with Crippen molar-refractivity contribution < 1.29 is 9.21 Å². The van der Waals surface area contributed by atoms with Crippen molar-refractivity contribution in [3.63, 3.8) is 0 Å². The van der Waals surface area contributed by atoms with Crippen molar-refractivity contribution in [1.29, 1.82) is 0 Å². The second kappa shape index (κ2) is 7.83. The molecule has 0 saturated carbocycles. The Morgan fingerprint density at radius 3 is 2.77 bits per heavy atom. The van der Waals surface area contributed by atoms with Crippen molar-refractivity contribution in [3.8, 4) is 0 Å². The van der Waals surface area contributed by atoms with Gasteiger partial charge in [-0.15, -0.1) is 10.2 Å². The normalized spacial score (nSPS) is 21.3. The summed E-state index contributed by atoms with van der Waals surface area (Å²) in [4.78, 5) is 32.5. The van der Waals surface area contributed by atoms with Crippen LogP contribution in [0.2, 0.25) is 0 Å². The van der Waals surface area contributed by atoms with E-state index in [1.54, 1.807) is 16.3 Å². The van der Waals surface area contributed by atoms with Crippen molar-refractivity contribution in [2.24, 2.45) is 0 Å². The molecule has 1 aliphatic carbocycles. The van der Waals surface area contributed by atoms with Crippen LogP contribution in [0, 0.1) is 0 Å². The summed E-state index contributed by atoms with van der Waals surface area (Å²) in [7, 11) is 0. The van der Waals surface area contributed by atoms with Crippen molar-refractivity contribution in [3.05, 3.63) is 33.4 Å². The van der Waals surface area contributed by atoms with Crippen LogP contribution >= 0.6 is 11.8 Å². The van der Waals surface area contributed by atoms with E-state index in [4.69, 9.17) is 9.40 Å². The van der Waals surface area contributed by atoms with E-state index in [1.807, 2.05) is 18.7 Å². The summed E-state index contributed by atoms with van der Waals surface area (Å²) >= 11 is 1.60. The molecule has 1 amide bonds. The van der Waals surface area contributed by atoms with Gasteiger partial charge in [0.1, 0.15) is 0 Å². The predicted molar refractivity (Wildman–Crippen MR) is 112 cm³/mol. The molecule has 2 aromatic rings. The first-order valence-electron chi connectivity index (χ1n) is 10.9. The highest BCUT2D eigenvalue weighted by Crippen LogP contribution is 2.35. The third-order valence-corrected chi connectivity index (χ3v) is 7.53. The van der Waals surface area contributed by atoms with Crippen molar-refractivity contribution in [2.75, 3.05) is 18.8 Å². The molecule has 0 aromatic carbocycles. The lowest BCUT2D eigenvalue weighted by Gasteiger charge is -2.31. The van der Waals surface area contributed by atoms with Gasteiger partial charge in [0, 0.05) is 42.7 Å². The Bertz CT molecular complexity index is 1020. The molecular weight excluding hydrogens is 402 g/mol. The second-order valence-electron chi connectivity index (χ2n) is 8.81. The van der Waals surface area contributed by atoms with E-state index in [0.29, 0.717) is 31.3 Å². The number of fused-ring (bicyclic) bond motifs is 2. The zero-order valence-corrected chi connectivity index (χ0v) is 18.3. The van der Waals surface area contributed by atoms with Crippen LogP contribution in [0.4, 0.5) is 0 Å². The molecule has 1 atom stereocenters. The Morgan fingerprint density at radius 2 is 2.03 bits per heavy atom. The first-order valence-corrected chi connectivity index (χ1v) is 11.9. The van der Waals surface area contributed by atoms with Crippen molar-refractivity contribution >= 4 is 17.7 Å². The number of piperidine rings is 1. The zero-order chi connectivity index (χ0) is 20.8. The number of aryl methyl sites for hydroxylation is 1. The van der Waals surface area contributed by atoms with E-state index in [1.165, 1.54) is 0 Å². The molecule has 0 radical (unpaired) electrons. The fraction of sp³-hybridized carbons (Fsp3) is 0.667. The SMILES string of the molecule is CC(C)c1nnc(C2CCN(C(=O)CC3CSc4nc5c(c(=O)n43)CCC5)CC2)o1. The van der Waals surface area contributed by atoms with Gasteiger partial charge >= 0.3 is 0 Å². The number of rotatable bonds is 4. The molecule has 9 heteroatoms. The van der Waals surface area contributed by atoms with Gasteiger partial charge in [-0.05, 0) is 32.1 Å². The van der Waals surface area contributed by atoms with Gasteiger partial charge in [-0.2, -0.15) is 0 Å². The minimum Gasteiger partial charge on any atom is -0.425 e. The monoisotopic (exact) mass is 429 g/mol. The standard InChI is InChI=1S/C21H27N5O3S/c1-12(2)18-23-24-19(29-18)13-6-8-25(9-7-13)17(27)10-14-11-30-21-22-16-5-3-4-15(16)20(28)26(14)21/h12-14H,3-11H2,1-2H3. The molecule has 5 rings (SSSR count). The van der Waals surface area contributed by atoms with Crippen molar-refractivity contribution in [2.45, 2.75) is 75.4 Å². The third kappa shape index (κ3) is 3.46. The lowest BCUT2D eigenvalue weighted by Crippen LogP contribution is -2.39. The van der Waals surface area contributed by atoms with Crippen LogP contribution in [0.1, 0.15) is 80.4 Å². The molecule has 1 unspecified atom stereocenters. The van der Waals surface area contributed by atoms with E-state index < -0.39 is 0 Å². The van der Waals surface area contributed by atoms with Crippen molar-refractivity contribution in [1.82, 2.24) is 24.6 Å². The molecule has 3 aliphatic rings. The summed E-state index contributed by atoms with van der Waals surface area (Å²) in [5, 5.41) is 9.13. The number of thioether (sulfide) groups is 1. The maximum atomic E-state index is 13.0. The third-order valence-electron chi connectivity index (χ3n) is 6.43. The topological polar surface area (TPSA) is 94.1 Å². The lowest BCUT2D eigenvalue weighted by atomic mass is 9.96. The fourth-order valence-corrected chi connectivity index (χ4v) is 5.81. The molecule has 4 heterocycles. The summed E-state index contributed by atoms with van der Waals surface area (Å²) in [6.45, 7) is 5.44. The minimum absolute atomic E-state index is 0.0753. The number of hydrogen-bond donors (Lipinski definition) is 0. The summed E-state index contributed by atoms with van der Waals surface area (Å²) in [6, 6.07) is -0.0920. The summed E-state index contributed by atoms with van der Waals surface area (Å²) in [5.74, 6) is 2.66. The average Bonchev–Trinajstić information content (AvgIpc) is 3.48. The highest BCUT2D eigenvalue weighted by molar-refractivity contribution is 7.99. The van der Waals surface area contributed by atoms with Gasteiger partial charge in [-0.1, -0.05) is 25.6 Å². The largest absolute Gasteiger partial charge is 0.425 e. The smallest absolute Gasteiger partial charge is 0.257 e. The van der Waals surface area contributed by atoms with Crippen LogP contribution in [-0.2, 0) is 17.6 Å². The number of amides is 1. The van der Waals surface area contributed by atoms with Crippen LogP contribution in [0.25, 0.3) is 0 Å². The fourth-order valence-electron chi connectivity index (χ4n) is 4.65. The Labute approximate surface area is 179 Å². The Hall–Kier alpha value is -2.16. The summed E-state index contributed by atoms with van der Waals surface area (Å²) in [6.07, 6.45) is 4.74. The predicted octanol–water partition coefficient (Wildman–Crippen LogP) is 2.68. The molecule has 0 spiro atoms. The number of likely N-dealkylation sites (tertiary alicyclic amines) is 1. The Kier molecular flexibility index (Phi) is 5.16. The van der Waals surface area contributed by atoms with Crippen LogP contribution < -0.4 is 5.56 Å². The number of carbonyl (C=O) groups is 1. The summed E-state index contributed by atoms with van der Waals surface area (Å²) in [5.41, 5.74) is 1.90. The van der Waals surface area contributed by atoms with Crippen LogP contribution in [-0.4, -0.2) is 49.4 Å². The molecule has 2 aromatic heterocycles. The Balaban J connectivity index is 1.22.